The maximum Gasteiger partial charge on any atom is 0.433 e. The quantitative estimate of drug-likeness (QED) is 0.456. The summed E-state index contributed by atoms with van der Waals surface area (Å²) in [6.07, 6.45) is -2.13. The average molecular weight is 452 g/mol. The van der Waals surface area contributed by atoms with Crippen LogP contribution in [-0.4, -0.2) is 39.5 Å². The first-order valence-electron chi connectivity index (χ1n) is 8.97. The van der Waals surface area contributed by atoms with Gasteiger partial charge in [0.25, 0.3) is 5.56 Å². The van der Waals surface area contributed by atoms with E-state index >= 15 is 0 Å². The van der Waals surface area contributed by atoms with Crippen molar-refractivity contribution >= 4 is 16.9 Å². The summed E-state index contributed by atoms with van der Waals surface area (Å²) >= 11 is -1.82. The van der Waals surface area contributed by atoms with Crippen molar-refractivity contribution in [2.45, 2.75) is 17.9 Å². The van der Waals surface area contributed by atoms with Crippen LogP contribution in [0.3, 0.4) is 0 Å². The molecule has 7 nitrogen and oxygen atoms in total. The summed E-state index contributed by atoms with van der Waals surface area (Å²) < 4.78 is 58.1. The standard InChI is InChI=1S/C20H19F3N4O3S/c1-24-14-6-4-12(8-16(14)30-2)10-27-11-13(5-7-18(27)28)15-9-17(20(21,22)23)26-19(25-15)31(3)29/h4-9,11,24H,10H2,1-3H3. The number of benzene rings is 1. The molecule has 1 N–H and O–H groups in total. The summed E-state index contributed by atoms with van der Waals surface area (Å²) in [5, 5.41) is 2.55. The van der Waals surface area contributed by atoms with E-state index < -0.39 is 28.2 Å². The van der Waals surface area contributed by atoms with E-state index in [9.17, 15) is 22.5 Å². The molecule has 0 aliphatic heterocycles. The third-order valence-electron chi connectivity index (χ3n) is 4.42. The van der Waals surface area contributed by atoms with Gasteiger partial charge in [-0.2, -0.15) is 23.1 Å². The largest absolute Gasteiger partial charge is 0.609 e. The highest BCUT2D eigenvalue weighted by molar-refractivity contribution is 7.90. The van der Waals surface area contributed by atoms with Crippen LogP contribution < -0.4 is 15.6 Å². The van der Waals surface area contributed by atoms with Crippen molar-refractivity contribution < 1.29 is 22.5 Å². The summed E-state index contributed by atoms with van der Waals surface area (Å²) in [6.45, 7) is 0.163. The van der Waals surface area contributed by atoms with Gasteiger partial charge in [0.2, 0.25) is 0 Å². The van der Waals surface area contributed by atoms with Crippen LogP contribution in [0.2, 0.25) is 0 Å². The number of anilines is 1. The lowest BCUT2D eigenvalue weighted by molar-refractivity contribution is -0.141. The highest BCUT2D eigenvalue weighted by Crippen LogP contribution is 2.31. The molecule has 0 aliphatic rings. The van der Waals surface area contributed by atoms with Gasteiger partial charge in [0, 0.05) is 36.1 Å². The number of hydrogen-bond acceptors (Lipinski definition) is 6. The first-order chi connectivity index (χ1) is 14.6. The number of alkyl halides is 3. The van der Waals surface area contributed by atoms with Gasteiger partial charge in [0.1, 0.15) is 12.0 Å². The van der Waals surface area contributed by atoms with Gasteiger partial charge in [0.15, 0.2) is 5.69 Å². The molecule has 1 aromatic carbocycles. The first-order valence-corrected chi connectivity index (χ1v) is 10.5. The lowest BCUT2D eigenvalue weighted by Gasteiger charge is -2.13. The molecule has 1 unspecified atom stereocenters. The Bertz CT molecular complexity index is 1150. The van der Waals surface area contributed by atoms with Gasteiger partial charge < -0.3 is 19.2 Å². The van der Waals surface area contributed by atoms with Crippen LogP contribution in [0.25, 0.3) is 11.3 Å². The zero-order valence-electron chi connectivity index (χ0n) is 16.9. The topological polar surface area (TPSA) is 92.1 Å². The number of hydrogen-bond donors (Lipinski definition) is 1. The van der Waals surface area contributed by atoms with Crippen molar-refractivity contribution in [3.8, 4) is 17.0 Å². The van der Waals surface area contributed by atoms with Crippen LogP contribution in [-0.2, 0) is 23.9 Å². The van der Waals surface area contributed by atoms with Gasteiger partial charge in [-0.15, -0.1) is 0 Å². The van der Waals surface area contributed by atoms with Crippen molar-refractivity contribution in [1.29, 1.82) is 0 Å². The predicted molar refractivity (Wildman–Crippen MR) is 111 cm³/mol. The van der Waals surface area contributed by atoms with Crippen molar-refractivity contribution in [1.82, 2.24) is 14.5 Å². The van der Waals surface area contributed by atoms with E-state index in [1.807, 2.05) is 0 Å². The Kier molecular flexibility index (Phi) is 6.56. The smallest absolute Gasteiger partial charge is 0.433 e. The maximum absolute atomic E-state index is 13.2. The molecule has 2 heterocycles. The number of pyridine rings is 1. The fraction of sp³-hybridized carbons (Fsp3) is 0.250. The van der Waals surface area contributed by atoms with E-state index in [4.69, 9.17) is 4.74 Å². The lowest BCUT2D eigenvalue weighted by atomic mass is 10.1. The van der Waals surface area contributed by atoms with Crippen LogP contribution >= 0.6 is 0 Å². The van der Waals surface area contributed by atoms with E-state index in [2.05, 4.69) is 15.3 Å². The Morgan fingerprint density at radius 3 is 2.55 bits per heavy atom. The van der Waals surface area contributed by atoms with Crippen LogP contribution in [0.4, 0.5) is 18.9 Å². The summed E-state index contributed by atoms with van der Waals surface area (Å²) in [5.41, 5.74) is 0.164. The molecule has 0 aliphatic carbocycles. The van der Waals surface area contributed by atoms with Crippen molar-refractivity contribution in [2.75, 3.05) is 25.7 Å². The number of aromatic nitrogens is 3. The molecule has 0 saturated heterocycles. The average Bonchev–Trinajstić information content (AvgIpc) is 2.74. The number of rotatable bonds is 6. The number of methoxy groups -OCH3 is 1. The SMILES string of the molecule is CNc1ccc(Cn2cc(-c3cc(C(F)(F)F)nc([S+](C)[O-])n3)ccc2=O)cc1OC. The number of nitrogens with zero attached hydrogens (tertiary/aromatic N) is 3. The first kappa shape index (κ1) is 22.6. The Balaban J connectivity index is 2.04. The number of ether oxygens (including phenoxy) is 1. The normalized spacial score (nSPS) is 12.5. The Hall–Kier alpha value is -3.05. The molecule has 0 radical (unpaired) electrons. The fourth-order valence-corrected chi connectivity index (χ4v) is 3.34. The van der Waals surface area contributed by atoms with Crippen LogP contribution in [0.15, 0.2) is 52.5 Å². The molecular formula is C20H19F3N4O3S. The zero-order valence-corrected chi connectivity index (χ0v) is 17.7. The van der Waals surface area contributed by atoms with Crippen molar-refractivity contribution in [3.63, 3.8) is 0 Å². The van der Waals surface area contributed by atoms with E-state index in [0.29, 0.717) is 5.75 Å². The summed E-state index contributed by atoms with van der Waals surface area (Å²) in [5.74, 6) is 0.588. The van der Waals surface area contributed by atoms with Crippen LogP contribution in [0.1, 0.15) is 11.3 Å². The lowest BCUT2D eigenvalue weighted by Crippen LogP contribution is -2.19. The van der Waals surface area contributed by atoms with Crippen molar-refractivity contribution in [3.05, 3.63) is 64.2 Å². The van der Waals surface area contributed by atoms with Gasteiger partial charge in [-0.05, 0) is 29.8 Å². The molecular weight excluding hydrogens is 433 g/mol. The Morgan fingerprint density at radius 2 is 1.94 bits per heavy atom. The molecule has 0 fully saturated rings. The fourth-order valence-electron chi connectivity index (χ4n) is 2.89. The van der Waals surface area contributed by atoms with Gasteiger partial charge in [-0.1, -0.05) is 6.07 Å². The maximum atomic E-state index is 13.2. The van der Waals surface area contributed by atoms with E-state index in [1.54, 1.807) is 25.2 Å². The monoisotopic (exact) mass is 452 g/mol. The Morgan fingerprint density at radius 1 is 1.19 bits per heavy atom. The molecule has 0 bridgehead atoms. The summed E-state index contributed by atoms with van der Waals surface area (Å²) in [7, 11) is 3.27. The second kappa shape index (κ2) is 8.98. The summed E-state index contributed by atoms with van der Waals surface area (Å²) in [4.78, 5) is 19.7. The minimum atomic E-state index is -4.73. The van der Waals surface area contributed by atoms with E-state index in [0.717, 1.165) is 17.3 Å². The molecule has 31 heavy (non-hydrogen) atoms. The van der Waals surface area contributed by atoms with E-state index in [-0.39, 0.29) is 23.4 Å². The van der Waals surface area contributed by atoms with Gasteiger partial charge >= 0.3 is 11.3 Å². The van der Waals surface area contributed by atoms with Gasteiger partial charge in [0.05, 0.1) is 25.0 Å². The molecule has 1 atom stereocenters. The van der Waals surface area contributed by atoms with Crippen molar-refractivity contribution in [2.24, 2.45) is 0 Å². The molecule has 2 aromatic heterocycles. The highest BCUT2D eigenvalue weighted by atomic mass is 32.2. The highest BCUT2D eigenvalue weighted by Gasteiger charge is 2.35. The number of halogens is 3. The second-order valence-electron chi connectivity index (χ2n) is 6.54. The Labute approximate surface area is 179 Å². The molecule has 11 heteroatoms. The predicted octanol–water partition coefficient (Wildman–Crippen LogP) is 3.16. The summed E-state index contributed by atoms with van der Waals surface area (Å²) in [6, 6.07) is 8.74. The van der Waals surface area contributed by atoms with E-state index in [1.165, 1.54) is 36.3 Å². The number of nitrogens with one attached hydrogen (secondary N) is 1. The molecule has 0 saturated carbocycles. The molecule has 164 valence electrons. The third-order valence-corrected chi connectivity index (χ3v) is 5.12. The van der Waals surface area contributed by atoms with Crippen LogP contribution in [0.5, 0.6) is 5.75 Å². The zero-order chi connectivity index (χ0) is 22.8. The van der Waals surface area contributed by atoms with Gasteiger partial charge in [-0.3, -0.25) is 4.79 Å². The minimum absolute atomic E-state index is 0.0793. The molecule has 3 aromatic rings. The second-order valence-corrected chi connectivity index (χ2v) is 7.81. The molecule has 0 spiro atoms. The minimum Gasteiger partial charge on any atom is -0.609 e. The molecule has 0 amide bonds. The molecule has 3 rings (SSSR count). The van der Waals surface area contributed by atoms with Gasteiger partial charge in [-0.25, -0.2) is 0 Å². The van der Waals surface area contributed by atoms with Crippen LogP contribution in [0, 0.1) is 0 Å². The third kappa shape index (κ3) is 5.17.